The molecule has 0 aliphatic carbocycles. The molecule has 1 N–H and O–H groups in total. The van der Waals surface area contributed by atoms with E-state index in [0.717, 1.165) is 12.1 Å². The van der Waals surface area contributed by atoms with Crippen LogP contribution in [-0.4, -0.2) is 25.8 Å². The molecule has 0 unspecified atom stereocenters. The fourth-order valence-electron chi connectivity index (χ4n) is 1.55. The molecule has 18 heavy (non-hydrogen) atoms. The molecule has 90 valence electrons. The highest BCUT2D eigenvalue weighted by atomic mass is 19.1. The minimum atomic E-state index is -0.765. The standard InChI is InChI=1S/C10H5F2N5O/c11-5-2-1-3-6(12)8(5)10-9(15-17-18-10)7-4-13-16-14-7/h1-4H,(H,13,14,16). The van der Waals surface area contributed by atoms with Crippen LogP contribution in [0.5, 0.6) is 0 Å². The number of rotatable bonds is 2. The molecule has 0 spiro atoms. The Labute approximate surface area is 98.6 Å². The van der Waals surface area contributed by atoms with Gasteiger partial charge in [0, 0.05) is 5.27 Å². The van der Waals surface area contributed by atoms with E-state index in [9.17, 15) is 8.78 Å². The van der Waals surface area contributed by atoms with Gasteiger partial charge in [-0.2, -0.15) is 15.4 Å². The highest BCUT2D eigenvalue weighted by Crippen LogP contribution is 2.32. The molecular weight excluding hydrogens is 244 g/mol. The predicted molar refractivity (Wildman–Crippen MR) is 55.0 cm³/mol. The number of hydrogen-bond acceptors (Lipinski definition) is 5. The Morgan fingerprint density at radius 2 is 1.94 bits per heavy atom. The molecule has 0 saturated heterocycles. The highest BCUT2D eigenvalue weighted by molar-refractivity contribution is 5.74. The number of H-pyrrole nitrogens is 1. The minimum absolute atomic E-state index is 0.118. The molecule has 0 fully saturated rings. The number of nitrogens with zero attached hydrogens (tertiary/aromatic N) is 4. The Morgan fingerprint density at radius 1 is 1.17 bits per heavy atom. The highest BCUT2D eigenvalue weighted by Gasteiger charge is 2.22. The summed E-state index contributed by atoms with van der Waals surface area (Å²) >= 11 is 0. The van der Waals surface area contributed by atoms with Gasteiger partial charge in [-0.15, -0.1) is 5.10 Å². The summed E-state index contributed by atoms with van der Waals surface area (Å²) in [7, 11) is 0. The largest absolute Gasteiger partial charge is 0.336 e. The van der Waals surface area contributed by atoms with E-state index in [1.54, 1.807) is 0 Å². The molecule has 3 aromatic rings. The smallest absolute Gasteiger partial charge is 0.202 e. The summed E-state index contributed by atoms with van der Waals surface area (Å²) in [6.07, 6.45) is 1.35. The van der Waals surface area contributed by atoms with E-state index in [0.29, 0.717) is 0 Å². The molecule has 1 aromatic carbocycles. The van der Waals surface area contributed by atoms with Gasteiger partial charge in [0.15, 0.2) is 5.69 Å². The lowest BCUT2D eigenvalue weighted by Gasteiger charge is -2.00. The summed E-state index contributed by atoms with van der Waals surface area (Å²) in [6.45, 7) is 0. The van der Waals surface area contributed by atoms with Crippen molar-refractivity contribution in [2.75, 3.05) is 0 Å². The van der Waals surface area contributed by atoms with Gasteiger partial charge in [-0.25, -0.2) is 8.78 Å². The van der Waals surface area contributed by atoms with E-state index < -0.39 is 11.6 Å². The molecule has 0 amide bonds. The van der Waals surface area contributed by atoms with Crippen LogP contribution in [0.1, 0.15) is 0 Å². The number of hydrogen-bond donors (Lipinski definition) is 1. The van der Waals surface area contributed by atoms with Crippen LogP contribution in [0.3, 0.4) is 0 Å². The second-order valence-corrected chi connectivity index (χ2v) is 3.40. The third kappa shape index (κ3) is 1.54. The maximum Gasteiger partial charge on any atom is 0.202 e. The van der Waals surface area contributed by atoms with Gasteiger partial charge >= 0.3 is 0 Å². The van der Waals surface area contributed by atoms with E-state index in [2.05, 4.69) is 25.8 Å². The number of aromatic amines is 1. The van der Waals surface area contributed by atoms with Crippen LogP contribution in [-0.2, 0) is 0 Å². The SMILES string of the molecule is Fc1cccc(F)c1-c1onnc1-c1cn[nH]n1. The molecule has 0 aliphatic heterocycles. The van der Waals surface area contributed by atoms with Crippen LogP contribution in [0.4, 0.5) is 8.78 Å². The van der Waals surface area contributed by atoms with Crippen LogP contribution in [0, 0.1) is 11.6 Å². The molecular formula is C10H5F2N5O. The molecule has 2 heterocycles. The lowest BCUT2D eigenvalue weighted by atomic mass is 10.1. The summed E-state index contributed by atoms with van der Waals surface area (Å²) in [6, 6.07) is 3.49. The topological polar surface area (TPSA) is 80.5 Å². The van der Waals surface area contributed by atoms with Crippen LogP contribution in [0.2, 0.25) is 0 Å². The normalized spacial score (nSPS) is 10.8. The third-order valence-corrected chi connectivity index (χ3v) is 2.34. The van der Waals surface area contributed by atoms with E-state index in [1.165, 1.54) is 12.3 Å². The summed E-state index contributed by atoms with van der Waals surface area (Å²) in [5, 5.41) is 16.7. The number of halogens is 2. The number of aromatic nitrogens is 5. The molecule has 3 rings (SSSR count). The van der Waals surface area contributed by atoms with Crippen molar-refractivity contribution in [3.63, 3.8) is 0 Å². The summed E-state index contributed by atoms with van der Waals surface area (Å²) in [4.78, 5) is 0. The maximum atomic E-state index is 13.6. The number of benzene rings is 1. The maximum absolute atomic E-state index is 13.6. The first-order valence-electron chi connectivity index (χ1n) is 4.90. The first-order valence-corrected chi connectivity index (χ1v) is 4.90. The van der Waals surface area contributed by atoms with Gasteiger partial charge in [-0.05, 0) is 12.1 Å². The van der Waals surface area contributed by atoms with Crippen molar-refractivity contribution < 1.29 is 13.3 Å². The predicted octanol–water partition coefficient (Wildman–Crippen LogP) is 1.80. The molecule has 6 nitrogen and oxygen atoms in total. The second-order valence-electron chi connectivity index (χ2n) is 3.40. The molecule has 0 bridgehead atoms. The van der Waals surface area contributed by atoms with Crippen molar-refractivity contribution in [3.8, 4) is 22.7 Å². The first kappa shape index (κ1) is 10.5. The average molecular weight is 249 g/mol. The van der Waals surface area contributed by atoms with Crippen molar-refractivity contribution in [3.05, 3.63) is 36.0 Å². The Kier molecular flexibility index (Phi) is 2.33. The molecule has 0 saturated carbocycles. The fourth-order valence-corrected chi connectivity index (χ4v) is 1.55. The van der Waals surface area contributed by atoms with Gasteiger partial charge in [0.05, 0.1) is 11.8 Å². The molecule has 0 aliphatic rings. The quantitative estimate of drug-likeness (QED) is 0.748. The van der Waals surface area contributed by atoms with Gasteiger partial charge in [-0.3, -0.25) is 0 Å². The summed E-state index contributed by atoms with van der Waals surface area (Å²) in [5.41, 5.74) is 0.0714. The van der Waals surface area contributed by atoms with Crippen LogP contribution in [0.25, 0.3) is 22.7 Å². The van der Waals surface area contributed by atoms with Gasteiger partial charge in [0.25, 0.3) is 0 Å². The van der Waals surface area contributed by atoms with Crippen LogP contribution >= 0.6 is 0 Å². The van der Waals surface area contributed by atoms with Crippen molar-refractivity contribution in [1.82, 2.24) is 25.8 Å². The Hall–Kier alpha value is -2.64. The van der Waals surface area contributed by atoms with Gasteiger partial charge in [0.1, 0.15) is 17.3 Å². The van der Waals surface area contributed by atoms with Crippen molar-refractivity contribution >= 4 is 0 Å². The van der Waals surface area contributed by atoms with Crippen molar-refractivity contribution in [2.45, 2.75) is 0 Å². The average Bonchev–Trinajstić information content (AvgIpc) is 2.98. The van der Waals surface area contributed by atoms with E-state index >= 15 is 0 Å². The van der Waals surface area contributed by atoms with E-state index in [4.69, 9.17) is 4.52 Å². The van der Waals surface area contributed by atoms with Crippen LogP contribution in [0.15, 0.2) is 28.9 Å². The monoisotopic (exact) mass is 249 g/mol. The van der Waals surface area contributed by atoms with Gasteiger partial charge in [0.2, 0.25) is 5.76 Å². The van der Waals surface area contributed by atoms with Gasteiger partial charge in [-0.1, -0.05) is 6.07 Å². The van der Waals surface area contributed by atoms with Gasteiger partial charge < -0.3 is 4.52 Å². The van der Waals surface area contributed by atoms with Crippen molar-refractivity contribution in [2.24, 2.45) is 0 Å². The third-order valence-electron chi connectivity index (χ3n) is 2.34. The first-order chi connectivity index (χ1) is 8.77. The molecule has 8 heteroatoms. The fraction of sp³-hybridized carbons (Fsp3) is 0. The molecule has 0 atom stereocenters. The zero-order valence-corrected chi connectivity index (χ0v) is 8.76. The Bertz CT molecular complexity index is 659. The summed E-state index contributed by atoms with van der Waals surface area (Å²) < 4.78 is 32.1. The minimum Gasteiger partial charge on any atom is -0.336 e. The Balaban J connectivity index is 2.22. The second kappa shape index (κ2) is 3.99. The van der Waals surface area contributed by atoms with Crippen molar-refractivity contribution in [1.29, 1.82) is 0 Å². The lowest BCUT2D eigenvalue weighted by molar-refractivity contribution is 0.399. The summed E-state index contributed by atoms with van der Waals surface area (Å²) in [5.74, 6) is -1.66. The lowest BCUT2D eigenvalue weighted by Crippen LogP contribution is -1.91. The zero-order valence-electron chi connectivity index (χ0n) is 8.76. The molecule has 2 aromatic heterocycles. The Morgan fingerprint density at radius 3 is 2.61 bits per heavy atom. The molecule has 0 radical (unpaired) electrons. The van der Waals surface area contributed by atoms with E-state index in [-0.39, 0.29) is 22.7 Å². The van der Waals surface area contributed by atoms with E-state index in [1.807, 2.05) is 0 Å². The zero-order chi connectivity index (χ0) is 12.5. The number of nitrogens with one attached hydrogen (secondary N) is 1. The van der Waals surface area contributed by atoms with Crippen LogP contribution < -0.4 is 0 Å².